The molecular weight excluding hydrogens is 260 g/mol. The lowest BCUT2D eigenvalue weighted by atomic mass is 9.90. The molecule has 5 heteroatoms. The van der Waals surface area contributed by atoms with Crippen molar-refractivity contribution in [1.82, 2.24) is 0 Å². The van der Waals surface area contributed by atoms with Crippen molar-refractivity contribution >= 4 is 17.5 Å². The molecule has 0 unspecified atom stereocenters. The first kappa shape index (κ1) is 14.0. The Bertz CT molecular complexity index is 640. The van der Waals surface area contributed by atoms with E-state index in [1.807, 2.05) is 6.92 Å². The maximum absolute atomic E-state index is 12.0. The number of esters is 1. The number of carbonyl (C=O) groups is 3. The van der Waals surface area contributed by atoms with E-state index in [-0.39, 0.29) is 28.4 Å². The van der Waals surface area contributed by atoms with Crippen LogP contribution >= 0.6 is 0 Å². The van der Waals surface area contributed by atoms with Gasteiger partial charge in [-0.1, -0.05) is 6.92 Å². The van der Waals surface area contributed by atoms with Crippen LogP contribution in [-0.2, 0) is 11.2 Å². The number of benzene rings is 1. The number of carbonyl (C=O) groups excluding carboxylic acids is 3. The zero-order valence-electron chi connectivity index (χ0n) is 11.5. The summed E-state index contributed by atoms with van der Waals surface area (Å²) < 4.78 is 10.4. The fourth-order valence-electron chi connectivity index (χ4n) is 2.21. The van der Waals surface area contributed by atoms with E-state index in [4.69, 9.17) is 9.47 Å². The van der Waals surface area contributed by atoms with Gasteiger partial charge >= 0.3 is 5.97 Å². The van der Waals surface area contributed by atoms with E-state index < -0.39 is 5.97 Å². The number of rotatable bonds is 3. The van der Waals surface area contributed by atoms with Crippen LogP contribution in [-0.4, -0.2) is 24.6 Å². The summed E-state index contributed by atoms with van der Waals surface area (Å²) in [6.07, 6.45) is 2.89. The second-order valence-electron chi connectivity index (χ2n) is 4.32. The van der Waals surface area contributed by atoms with Crippen molar-refractivity contribution in [2.45, 2.75) is 20.3 Å². The first-order valence-electron chi connectivity index (χ1n) is 6.18. The van der Waals surface area contributed by atoms with Gasteiger partial charge in [0.05, 0.1) is 12.7 Å². The van der Waals surface area contributed by atoms with E-state index in [9.17, 15) is 14.4 Å². The smallest absolute Gasteiger partial charge is 0.308 e. The lowest BCUT2D eigenvalue weighted by Crippen LogP contribution is -2.17. The van der Waals surface area contributed by atoms with E-state index >= 15 is 0 Å². The quantitative estimate of drug-likeness (QED) is 0.623. The second-order valence-corrected chi connectivity index (χ2v) is 4.32. The van der Waals surface area contributed by atoms with Gasteiger partial charge in [0.15, 0.2) is 11.6 Å². The Morgan fingerprint density at radius 2 is 1.85 bits per heavy atom. The third-order valence-electron chi connectivity index (χ3n) is 3.06. The molecule has 1 aromatic rings. The molecule has 0 radical (unpaired) electrons. The van der Waals surface area contributed by atoms with Gasteiger partial charge in [0.2, 0.25) is 0 Å². The molecule has 0 atom stereocenters. The Kier molecular flexibility index (Phi) is 3.70. The Hall–Kier alpha value is -2.43. The lowest BCUT2D eigenvalue weighted by Gasteiger charge is -2.19. The highest BCUT2D eigenvalue weighted by Gasteiger charge is 2.28. The normalized spacial score (nSPS) is 13.2. The Morgan fingerprint density at radius 1 is 1.20 bits per heavy atom. The Labute approximate surface area is 116 Å². The number of hydrogen-bond donors (Lipinski definition) is 0. The third kappa shape index (κ3) is 2.22. The molecule has 1 aromatic carbocycles. The summed E-state index contributed by atoms with van der Waals surface area (Å²) in [5, 5.41) is 0. The molecule has 104 valence electrons. The molecule has 0 aromatic heterocycles. The fourth-order valence-corrected chi connectivity index (χ4v) is 2.21. The van der Waals surface area contributed by atoms with E-state index in [0.29, 0.717) is 17.7 Å². The predicted molar refractivity (Wildman–Crippen MR) is 71.5 cm³/mol. The maximum Gasteiger partial charge on any atom is 0.308 e. The molecule has 0 aliphatic heterocycles. The highest BCUT2D eigenvalue weighted by atomic mass is 16.5. The average molecular weight is 274 g/mol. The second kappa shape index (κ2) is 5.28. The third-order valence-corrected chi connectivity index (χ3v) is 3.06. The van der Waals surface area contributed by atoms with Crippen molar-refractivity contribution < 1.29 is 23.9 Å². The molecule has 0 saturated carbocycles. The zero-order chi connectivity index (χ0) is 14.9. The molecule has 20 heavy (non-hydrogen) atoms. The van der Waals surface area contributed by atoms with E-state index in [0.717, 1.165) is 0 Å². The van der Waals surface area contributed by atoms with Crippen molar-refractivity contribution in [1.29, 1.82) is 0 Å². The largest absolute Gasteiger partial charge is 0.496 e. The van der Waals surface area contributed by atoms with Crippen LogP contribution < -0.4 is 9.47 Å². The lowest BCUT2D eigenvalue weighted by molar-refractivity contribution is -0.131. The predicted octanol–water partition coefficient (Wildman–Crippen LogP) is 2.12. The van der Waals surface area contributed by atoms with Crippen molar-refractivity contribution in [3.63, 3.8) is 0 Å². The van der Waals surface area contributed by atoms with E-state index in [2.05, 4.69) is 0 Å². The zero-order valence-corrected chi connectivity index (χ0v) is 11.5. The van der Waals surface area contributed by atoms with Crippen LogP contribution in [0, 0.1) is 0 Å². The van der Waals surface area contributed by atoms with Crippen LogP contribution in [0.3, 0.4) is 0 Å². The van der Waals surface area contributed by atoms with Crippen molar-refractivity contribution in [3.8, 4) is 11.5 Å². The van der Waals surface area contributed by atoms with Crippen molar-refractivity contribution in [2.75, 3.05) is 7.11 Å². The SMILES string of the molecule is CCc1c(OC)cc2c(c1OC(C)=O)C(=O)C=CC2=O. The highest BCUT2D eigenvalue weighted by Crippen LogP contribution is 2.38. The number of methoxy groups -OCH3 is 1. The summed E-state index contributed by atoms with van der Waals surface area (Å²) in [5.74, 6) is -0.664. The first-order valence-corrected chi connectivity index (χ1v) is 6.18. The summed E-state index contributed by atoms with van der Waals surface area (Å²) in [4.78, 5) is 35.2. The van der Waals surface area contributed by atoms with Crippen LogP contribution in [0.15, 0.2) is 18.2 Å². The van der Waals surface area contributed by atoms with Gasteiger partial charge in [-0.2, -0.15) is 0 Å². The summed E-state index contributed by atoms with van der Waals surface area (Å²) in [7, 11) is 1.46. The standard InChI is InChI=1S/C15H14O5/c1-4-9-13(19-3)7-10-11(17)5-6-12(18)14(10)15(9)20-8(2)16/h5-7H,4H2,1-3H3. The van der Waals surface area contributed by atoms with E-state index in [1.54, 1.807) is 0 Å². The van der Waals surface area contributed by atoms with Crippen LogP contribution in [0.4, 0.5) is 0 Å². The Balaban J connectivity index is 2.80. The van der Waals surface area contributed by atoms with Gasteiger partial charge in [0.25, 0.3) is 0 Å². The number of fused-ring (bicyclic) bond motifs is 1. The topological polar surface area (TPSA) is 69.7 Å². The first-order chi connectivity index (χ1) is 9.49. The van der Waals surface area contributed by atoms with Gasteiger partial charge in [0.1, 0.15) is 11.5 Å². The van der Waals surface area contributed by atoms with Crippen LogP contribution in [0.1, 0.15) is 40.1 Å². The summed E-state index contributed by atoms with van der Waals surface area (Å²) in [5.41, 5.74) is 0.922. The highest BCUT2D eigenvalue weighted by molar-refractivity contribution is 6.23. The summed E-state index contributed by atoms with van der Waals surface area (Å²) in [6.45, 7) is 3.10. The minimum Gasteiger partial charge on any atom is -0.496 e. The minimum atomic E-state index is -0.551. The monoisotopic (exact) mass is 274 g/mol. The molecule has 0 amide bonds. The molecule has 0 fully saturated rings. The van der Waals surface area contributed by atoms with Gasteiger partial charge in [-0.25, -0.2) is 0 Å². The molecule has 0 spiro atoms. The van der Waals surface area contributed by atoms with Crippen molar-refractivity contribution in [3.05, 3.63) is 34.9 Å². The van der Waals surface area contributed by atoms with E-state index in [1.165, 1.54) is 32.3 Å². The van der Waals surface area contributed by atoms with Gasteiger partial charge in [-0.05, 0) is 24.6 Å². The minimum absolute atomic E-state index is 0.122. The molecule has 0 bridgehead atoms. The molecule has 5 nitrogen and oxygen atoms in total. The molecular formula is C15H14O5. The average Bonchev–Trinajstić information content (AvgIpc) is 2.41. The summed E-state index contributed by atoms with van der Waals surface area (Å²) in [6, 6.07) is 1.52. The molecule has 0 heterocycles. The van der Waals surface area contributed by atoms with Gasteiger partial charge in [-0.15, -0.1) is 0 Å². The number of ketones is 2. The molecule has 2 rings (SSSR count). The molecule has 1 aliphatic carbocycles. The number of allylic oxidation sites excluding steroid dienone is 2. The molecule has 0 N–H and O–H groups in total. The summed E-state index contributed by atoms with van der Waals surface area (Å²) >= 11 is 0. The van der Waals surface area contributed by atoms with Crippen LogP contribution in [0.5, 0.6) is 11.5 Å². The maximum atomic E-state index is 12.0. The fraction of sp³-hybridized carbons (Fsp3) is 0.267. The molecule has 1 aliphatic rings. The van der Waals surface area contributed by atoms with Gasteiger partial charge < -0.3 is 9.47 Å². The Morgan fingerprint density at radius 3 is 2.40 bits per heavy atom. The van der Waals surface area contributed by atoms with Gasteiger partial charge in [-0.3, -0.25) is 14.4 Å². The number of ether oxygens (including phenoxy) is 2. The van der Waals surface area contributed by atoms with Gasteiger partial charge in [0, 0.05) is 18.1 Å². The number of hydrogen-bond acceptors (Lipinski definition) is 5. The molecule has 0 saturated heterocycles. The van der Waals surface area contributed by atoms with Crippen LogP contribution in [0.2, 0.25) is 0 Å². The van der Waals surface area contributed by atoms with Crippen molar-refractivity contribution in [2.24, 2.45) is 0 Å². The van der Waals surface area contributed by atoms with Crippen LogP contribution in [0.25, 0.3) is 0 Å².